The molecule has 13 heteroatoms. The number of benzene rings is 2. The van der Waals surface area contributed by atoms with E-state index in [4.69, 9.17) is 0 Å². The van der Waals surface area contributed by atoms with E-state index in [1.807, 2.05) is 0 Å². The molecule has 2 N–H and O–H groups in total. The van der Waals surface area contributed by atoms with Crippen molar-refractivity contribution in [2.45, 2.75) is 31.2 Å². The van der Waals surface area contributed by atoms with Gasteiger partial charge in [-0.25, -0.2) is 0 Å². The van der Waals surface area contributed by atoms with Crippen molar-refractivity contribution in [3.63, 3.8) is 0 Å². The number of nitrogens with one attached hydrogen (secondary N) is 2. The van der Waals surface area contributed by atoms with Gasteiger partial charge in [0.15, 0.2) is 0 Å². The van der Waals surface area contributed by atoms with E-state index in [2.05, 4.69) is 53.1 Å². The molecule has 0 aliphatic carbocycles. The Kier molecular flexibility index (Phi) is 10.0. The topological polar surface area (TPSA) is 58.2 Å². The number of hydrogen-bond acceptors (Lipinski definition) is 2. The number of rotatable bonds is 7. The summed E-state index contributed by atoms with van der Waals surface area (Å²) >= 11 is 9.51. The first-order valence-corrected chi connectivity index (χ1v) is 12.1. The molecule has 2 aromatic rings. The van der Waals surface area contributed by atoms with Crippen LogP contribution in [0.25, 0.3) is 6.08 Å². The van der Waals surface area contributed by atoms with Gasteiger partial charge in [0.2, 0.25) is 5.91 Å². The van der Waals surface area contributed by atoms with Gasteiger partial charge in [-0.05, 0) is 64.3 Å². The molecule has 0 bridgehead atoms. The molecule has 0 fully saturated rings. The average molecular weight is 695 g/mol. The van der Waals surface area contributed by atoms with Crippen LogP contribution < -0.4 is 10.6 Å². The average Bonchev–Trinajstić information content (AvgIpc) is 2.70. The Morgan fingerprint density at radius 1 is 0.943 bits per heavy atom. The number of halogens is 9. The first-order valence-electron chi connectivity index (χ1n) is 9.72. The van der Waals surface area contributed by atoms with Crippen molar-refractivity contribution in [3.8, 4) is 0 Å². The van der Waals surface area contributed by atoms with Crippen molar-refractivity contribution in [1.82, 2.24) is 10.6 Å². The Hall–Kier alpha value is -1.86. The third-order valence-corrected chi connectivity index (χ3v) is 6.17. The zero-order chi connectivity index (χ0) is 26.6. The molecule has 35 heavy (non-hydrogen) atoms. The molecule has 0 heterocycles. The van der Waals surface area contributed by atoms with Gasteiger partial charge >= 0.3 is 12.4 Å². The van der Waals surface area contributed by atoms with Gasteiger partial charge in [0.1, 0.15) is 6.04 Å². The van der Waals surface area contributed by atoms with E-state index in [1.54, 1.807) is 11.4 Å². The quantitative estimate of drug-likeness (QED) is 0.303. The van der Waals surface area contributed by atoms with Crippen molar-refractivity contribution in [2.24, 2.45) is 0 Å². The predicted octanol–water partition coefficient (Wildman–Crippen LogP) is 7.13. The van der Waals surface area contributed by atoms with E-state index in [9.17, 15) is 35.9 Å². The molecule has 190 valence electrons. The smallest absolute Gasteiger partial charge is 0.343 e. The van der Waals surface area contributed by atoms with Crippen molar-refractivity contribution >= 4 is 65.7 Å². The molecule has 0 aliphatic heterocycles. The lowest BCUT2D eigenvalue weighted by molar-refractivity contribution is -0.157. The van der Waals surface area contributed by atoms with E-state index in [0.29, 0.717) is 14.5 Å². The van der Waals surface area contributed by atoms with E-state index >= 15 is 0 Å². The van der Waals surface area contributed by atoms with Gasteiger partial charge in [-0.3, -0.25) is 9.59 Å². The van der Waals surface area contributed by atoms with Gasteiger partial charge in [-0.1, -0.05) is 50.1 Å². The van der Waals surface area contributed by atoms with E-state index < -0.39 is 42.7 Å². The summed E-state index contributed by atoms with van der Waals surface area (Å²) < 4.78 is 79.7. The van der Waals surface area contributed by atoms with Gasteiger partial charge < -0.3 is 10.6 Å². The van der Waals surface area contributed by atoms with Crippen molar-refractivity contribution in [1.29, 1.82) is 0 Å². The number of hydrogen-bond donors (Lipinski definition) is 2. The second-order valence-corrected chi connectivity index (χ2v) is 10.0. The fourth-order valence-corrected chi connectivity index (χ4v) is 4.73. The minimum absolute atomic E-state index is 0.0168. The summed E-state index contributed by atoms with van der Waals surface area (Å²) in [7, 11) is 0. The Morgan fingerprint density at radius 3 is 2.06 bits per heavy atom. The number of alkyl halides is 6. The number of allylic oxidation sites excluding steroid dienone is 1. The molecule has 0 aromatic heterocycles. The Morgan fingerprint density at radius 2 is 1.54 bits per heavy atom. The SMILES string of the molecule is CC(NC(=O)CNC(=O)c1ccc(C=CC(c2cc(Br)cc(Br)c2)C(F)(F)F)cc1Br)C(F)(F)F. The highest BCUT2D eigenvalue weighted by Crippen LogP contribution is 2.38. The molecular weight excluding hydrogens is 678 g/mol. The van der Waals surface area contributed by atoms with Crippen LogP contribution in [0, 0.1) is 0 Å². The Bertz CT molecular complexity index is 1100. The molecule has 2 atom stereocenters. The van der Waals surface area contributed by atoms with Crippen LogP contribution in [-0.2, 0) is 4.79 Å². The van der Waals surface area contributed by atoms with Crippen molar-refractivity contribution in [2.75, 3.05) is 6.54 Å². The van der Waals surface area contributed by atoms with Crippen LogP contribution in [0.2, 0.25) is 0 Å². The van der Waals surface area contributed by atoms with Crippen LogP contribution in [0.5, 0.6) is 0 Å². The minimum Gasteiger partial charge on any atom is -0.343 e. The molecule has 0 saturated heterocycles. The lowest BCUT2D eigenvalue weighted by atomic mass is 9.97. The van der Waals surface area contributed by atoms with Gasteiger partial charge in [-0.2, -0.15) is 26.3 Å². The molecule has 0 spiro atoms. The molecule has 2 unspecified atom stereocenters. The second-order valence-electron chi connectivity index (χ2n) is 7.33. The van der Waals surface area contributed by atoms with Crippen molar-refractivity contribution < 1.29 is 35.9 Å². The van der Waals surface area contributed by atoms with Gasteiger partial charge in [0.05, 0.1) is 18.0 Å². The van der Waals surface area contributed by atoms with Crippen LogP contribution in [0.3, 0.4) is 0 Å². The zero-order valence-corrected chi connectivity index (χ0v) is 22.5. The minimum atomic E-state index is -4.62. The Balaban J connectivity index is 2.13. The summed E-state index contributed by atoms with van der Waals surface area (Å²) in [5.74, 6) is -3.68. The maximum absolute atomic E-state index is 13.7. The van der Waals surface area contributed by atoms with Gasteiger partial charge in [0.25, 0.3) is 5.91 Å². The first kappa shape index (κ1) is 29.4. The van der Waals surface area contributed by atoms with Crippen LogP contribution in [-0.4, -0.2) is 36.8 Å². The third kappa shape index (κ3) is 8.94. The number of amides is 2. The standard InChI is InChI=1S/C22H17Br3F6N2O2/c1-11(21(26,27)28)33-19(34)10-32-20(35)16-4-2-12(6-18(16)25)3-5-17(22(29,30)31)13-7-14(23)9-15(24)8-13/h2-9,11,17H,10H2,1H3,(H,32,35)(H,33,34). The number of carbonyl (C=O) groups excluding carboxylic acids is 2. The fraction of sp³-hybridized carbons (Fsp3) is 0.273. The lowest BCUT2D eigenvalue weighted by Gasteiger charge is -2.18. The fourth-order valence-electron chi connectivity index (χ4n) is 2.82. The maximum Gasteiger partial charge on any atom is 0.408 e. The predicted molar refractivity (Wildman–Crippen MR) is 130 cm³/mol. The van der Waals surface area contributed by atoms with Crippen LogP contribution >= 0.6 is 47.8 Å². The summed E-state index contributed by atoms with van der Waals surface area (Å²) in [6, 6.07) is 6.37. The van der Waals surface area contributed by atoms with E-state index in [-0.39, 0.29) is 15.6 Å². The molecule has 0 aliphatic rings. The highest BCUT2D eigenvalue weighted by atomic mass is 79.9. The van der Waals surface area contributed by atoms with Crippen LogP contribution in [0.4, 0.5) is 26.3 Å². The summed E-state index contributed by atoms with van der Waals surface area (Å²) in [6.07, 6.45) is -6.93. The summed E-state index contributed by atoms with van der Waals surface area (Å²) in [4.78, 5) is 23.9. The molecule has 0 saturated carbocycles. The van der Waals surface area contributed by atoms with Gasteiger partial charge in [-0.15, -0.1) is 0 Å². The van der Waals surface area contributed by atoms with Crippen LogP contribution in [0.1, 0.15) is 34.3 Å². The lowest BCUT2D eigenvalue weighted by Crippen LogP contribution is -2.47. The highest BCUT2D eigenvalue weighted by molar-refractivity contribution is 9.11. The third-order valence-electron chi connectivity index (χ3n) is 4.59. The summed E-state index contributed by atoms with van der Waals surface area (Å²) in [5.41, 5.74) is 0.416. The summed E-state index contributed by atoms with van der Waals surface area (Å²) in [5, 5.41) is 3.91. The first-order chi connectivity index (χ1) is 16.1. The molecule has 2 rings (SSSR count). The molecule has 4 nitrogen and oxygen atoms in total. The molecule has 2 amide bonds. The maximum atomic E-state index is 13.7. The van der Waals surface area contributed by atoms with E-state index in [0.717, 1.165) is 13.0 Å². The monoisotopic (exact) mass is 692 g/mol. The molecular formula is C22H17Br3F6N2O2. The largest absolute Gasteiger partial charge is 0.408 e. The van der Waals surface area contributed by atoms with Gasteiger partial charge in [0, 0.05) is 13.4 Å². The second kappa shape index (κ2) is 11.9. The summed E-state index contributed by atoms with van der Waals surface area (Å²) in [6.45, 7) is 0.0736. The van der Waals surface area contributed by atoms with Crippen molar-refractivity contribution in [3.05, 3.63) is 72.6 Å². The van der Waals surface area contributed by atoms with E-state index in [1.165, 1.54) is 36.4 Å². The normalized spacial score (nSPS) is 14.0. The molecule has 0 radical (unpaired) electrons. The zero-order valence-electron chi connectivity index (χ0n) is 17.7. The highest BCUT2D eigenvalue weighted by Gasteiger charge is 2.39. The van der Waals surface area contributed by atoms with Crippen LogP contribution in [0.15, 0.2) is 55.9 Å². The molecule has 2 aromatic carbocycles. The number of carbonyl (C=O) groups is 2. The Labute approximate surface area is 221 Å².